The molecule has 2 nitrogen and oxygen atoms in total. The zero-order valence-electron chi connectivity index (χ0n) is 25.8. The van der Waals surface area contributed by atoms with Gasteiger partial charge in [-0.3, -0.25) is 0 Å². The third-order valence-electron chi connectivity index (χ3n) is 10.2. The summed E-state index contributed by atoms with van der Waals surface area (Å²) in [6.07, 6.45) is 4.89. The van der Waals surface area contributed by atoms with Crippen molar-refractivity contribution < 1.29 is 4.42 Å². The van der Waals surface area contributed by atoms with E-state index in [9.17, 15) is 0 Å². The molecule has 9 rings (SSSR count). The average molecular weight is 582 g/mol. The van der Waals surface area contributed by atoms with Gasteiger partial charge in [0.25, 0.3) is 0 Å². The molecule has 1 aromatic heterocycles. The van der Waals surface area contributed by atoms with E-state index in [1.807, 2.05) is 6.07 Å². The summed E-state index contributed by atoms with van der Waals surface area (Å²) in [4.78, 5) is 2.43. The van der Waals surface area contributed by atoms with Crippen LogP contribution in [0.3, 0.4) is 0 Å². The first-order valence-electron chi connectivity index (χ1n) is 16.2. The Hall–Kier alpha value is -5.08. The van der Waals surface area contributed by atoms with Crippen LogP contribution in [0.5, 0.6) is 0 Å². The Morgan fingerprint density at radius 3 is 2.18 bits per heavy atom. The molecule has 2 aliphatic rings. The minimum absolute atomic E-state index is 0.111. The van der Waals surface area contributed by atoms with Gasteiger partial charge in [0, 0.05) is 39.2 Å². The largest absolute Gasteiger partial charge is 0.456 e. The van der Waals surface area contributed by atoms with Gasteiger partial charge in [-0.1, -0.05) is 92.7 Å². The fourth-order valence-corrected chi connectivity index (χ4v) is 7.91. The van der Waals surface area contributed by atoms with Crippen LogP contribution in [0.2, 0.25) is 0 Å². The van der Waals surface area contributed by atoms with Gasteiger partial charge in [-0.2, -0.15) is 0 Å². The Labute approximate surface area is 264 Å². The maximum absolute atomic E-state index is 6.41. The molecule has 2 heteroatoms. The van der Waals surface area contributed by atoms with Crippen LogP contribution in [0.15, 0.2) is 132 Å². The van der Waals surface area contributed by atoms with E-state index >= 15 is 0 Å². The summed E-state index contributed by atoms with van der Waals surface area (Å²) < 4.78 is 6.41. The number of hydrogen-bond donors (Lipinski definition) is 0. The predicted molar refractivity (Wildman–Crippen MR) is 188 cm³/mol. The number of rotatable bonds is 4. The number of benzene rings is 6. The molecular formula is C43H35NO. The summed E-state index contributed by atoms with van der Waals surface area (Å²) >= 11 is 0. The van der Waals surface area contributed by atoms with Crippen LogP contribution in [0.25, 0.3) is 44.2 Å². The van der Waals surface area contributed by atoms with Crippen molar-refractivity contribution in [2.75, 3.05) is 4.90 Å². The zero-order chi connectivity index (χ0) is 30.1. The molecule has 0 atom stereocenters. The molecule has 7 aromatic rings. The molecule has 45 heavy (non-hydrogen) atoms. The number of fused-ring (bicyclic) bond motifs is 7. The van der Waals surface area contributed by atoms with Crippen molar-refractivity contribution in [3.63, 3.8) is 0 Å². The molecule has 218 valence electrons. The van der Waals surface area contributed by atoms with E-state index in [-0.39, 0.29) is 5.41 Å². The Balaban J connectivity index is 1.33. The summed E-state index contributed by atoms with van der Waals surface area (Å²) in [6.45, 7) is 4.74. The smallest absolute Gasteiger partial charge is 0.137 e. The Kier molecular flexibility index (Phi) is 5.83. The van der Waals surface area contributed by atoms with Gasteiger partial charge in [0.1, 0.15) is 11.2 Å². The second kappa shape index (κ2) is 9.97. The fraction of sp³-hybridized carbons (Fsp3) is 0.163. The highest BCUT2D eigenvalue weighted by Gasteiger charge is 2.37. The molecule has 0 spiro atoms. The topological polar surface area (TPSA) is 16.4 Å². The van der Waals surface area contributed by atoms with Crippen LogP contribution in [-0.4, -0.2) is 0 Å². The van der Waals surface area contributed by atoms with Crippen molar-refractivity contribution >= 4 is 39.0 Å². The van der Waals surface area contributed by atoms with Gasteiger partial charge in [0.05, 0.1) is 5.69 Å². The van der Waals surface area contributed by atoms with Crippen molar-refractivity contribution in [3.8, 4) is 22.3 Å². The van der Waals surface area contributed by atoms with E-state index in [4.69, 9.17) is 4.42 Å². The monoisotopic (exact) mass is 581 g/mol. The molecular weight excluding hydrogens is 546 g/mol. The van der Waals surface area contributed by atoms with Gasteiger partial charge in [-0.05, 0) is 107 Å². The number of furan rings is 1. The van der Waals surface area contributed by atoms with Gasteiger partial charge < -0.3 is 9.32 Å². The second-order valence-electron chi connectivity index (χ2n) is 13.2. The first-order chi connectivity index (χ1) is 22.1. The van der Waals surface area contributed by atoms with Crippen LogP contribution in [0.4, 0.5) is 17.1 Å². The van der Waals surface area contributed by atoms with Crippen LogP contribution in [0, 0.1) is 0 Å². The highest BCUT2D eigenvalue weighted by Crippen LogP contribution is 2.53. The third kappa shape index (κ3) is 4.09. The maximum atomic E-state index is 6.41. The number of anilines is 3. The molecule has 0 N–H and O–H groups in total. The normalized spacial score (nSPS) is 14.7. The zero-order valence-corrected chi connectivity index (χ0v) is 25.8. The molecule has 0 unspecified atom stereocenters. The van der Waals surface area contributed by atoms with E-state index in [0.717, 1.165) is 39.7 Å². The Morgan fingerprint density at radius 1 is 0.533 bits per heavy atom. The molecule has 0 aliphatic heterocycles. The van der Waals surface area contributed by atoms with Crippen LogP contribution >= 0.6 is 0 Å². The lowest BCUT2D eigenvalue weighted by Crippen LogP contribution is -2.17. The van der Waals surface area contributed by atoms with Gasteiger partial charge in [0.2, 0.25) is 0 Å². The van der Waals surface area contributed by atoms with Gasteiger partial charge >= 0.3 is 0 Å². The van der Waals surface area contributed by atoms with E-state index in [1.165, 1.54) is 69.5 Å². The highest BCUT2D eigenvalue weighted by atomic mass is 16.3. The first-order valence-corrected chi connectivity index (χ1v) is 16.2. The summed E-state index contributed by atoms with van der Waals surface area (Å²) in [5, 5.41) is 2.29. The molecule has 1 heterocycles. The Bertz CT molecular complexity index is 2250. The van der Waals surface area contributed by atoms with Crippen LogP contribution in [0.1, 0.15) is 48.9 Å². The molecule has 0 saturated carbocycles. The number of hydrogen-bond acceptors (Lipinski definition) is 2. The lowest BCUT2D eigenvalue weighted by Gasteiger charge is -2.30. The second-order valence-corrected chi connectivity index (χ2v) is 13.2. The molecule has 0 radical (unpaired) electrons. The standard InChI is InChI=1S/C43H35NO/c1-43(2)38-18-10-8-16-33(38)37-26-36(30-21-20-28-12-6-7-13-29(28)24-30)40(27-39(37)43)44(31-14-4-3-5-15-31)32-22-23-35-34-17-9-11-19-41(34)45-42(35)25-32/h3-5,8-11,14-27H,6-7,12-13H2,1-2H3. The fourth-order valence-electron chi connectivity index (χ4n) is 7.91. The van der Waals surface area contributed by atoms with Gasteiger partial charge in [0.15, 0.2) is 0 Å². The minimum Gasteiger partial charge on any atom is -0.456 e. The van der Waals surface area contributed by atoms with Gasteiger partial charge in [-0.25, -0.2) is 0 Å². The summed E-state index contributed by atoms with van der Waals surface area (Å²) in [5.74, 6) is 0. The summed E-state index contributed by atoms with van der Waals surface area (Å²) in [5.41, 5.74) is 16.1. The predicted octanol–water partition coefficient (Wildman–Crippen LogP) is 11.9. The molecule has 6 aromatic carbocycles. The van der Waals surface area contributed by atoms with Crippen molar-refractivity contribution in [1.29, 1.82) is 0 Å². The van der Waals surface area contributed by atoms with Crippen molar-refractivity contribution in [3.05, 3.63) is 150 Å². The maximum Gasteiger partial charge on any atom is 0.137 e. The summed E-state index contributed by atoms with van der Waals surface area (Å²) in [6, 6.07) is 46.9. The van der Waals surface area contributed by atoms with Crippen LogP contribution < -0.4 is 4.90 Å². The molecule has 0 bridgehead atoms. The average Bonchev–Trinajstić information content (AvgIpc) is 3.56. The molecule has 0 fully saturated rings. The third-order valence-corrected chi connectivity index (χ3v) is 10.2. The lowest BCUT2D eigenvalue weighted by molar-refractivity contribution is 0.660. The minimum atomic E-state index is -0.111. The lowest BCUT2D eigenvalue weighted by atomic mass is 9.81. The summed E-state index contributed by atoms with van der Waals surface area (Å²) in [7, 11) is 0. The van der Waals surface area contributed by atoms with Crippen molar-refractivity contribution in [1.82, 2.24) is 0 Å². The van der Waals surface area contributed by atoms with Crippen molar-refractivity contribution in [2.45, 2.75) is 44.9 Å². The van der Waals surface area contributed by atoms with E-state index in [0.29, 0.717) is 0 Å². The molecule has 0 saturated heterocycles. The van der Waals surface area contributed by atoms with Crippen molar-refractivity contribution in [2.24, 2.45) is 0 Å². The SMILES string of the molecule is CC1(C)c2ccccc2-c2cc(-c3ccc4c(c3)CCCC4)c(N(c3ccccc3)c3ccc4c(c3)oc3ccccc34)cc21. The first kappa shape index (κ1) is 26.3. The van der Waals surface area contributed by atoms with E-state index < -0.39 is 0 Å². The van der Waals surface area contributed by atoms with Gasteiger partial charge in [-0.15, -0.1) is 0 Å². The van der Waals surface area contributed by atoms with Crippen LogP contribution in [-0.2, 0) is 18.3 Å². The van der Waals surface area contributed by atoms with E-state index in [1.54, 1.807) is 0 Å². The van der Waals surface area contributed by atoms with E-state index in [2.05, 4.69) is 140 Å². The molecule has 0 amide bonds. The molecule has 2 aliphatic carbocycles. The number of nitrogens with zero attached hydrogens (tertiary/aromatic N) is 1. The number of aryl methyl sites for hydroxylation is 2. The number of para-hydroxylation sites is 2. The Morgan fingerprint density at radius 2 is 1.29 bits per heavy atom. The quantitative estimate of drug-likeness (QED) is 0.206. The highest BCUT2D eigenvalue weighted by molar-refractivity contribution is 6.06.